The normalized spacial score (nSPS) is 13.1. The highest BCUT2D eigenvalue weighted by atomic mass is 32.2. The van der Waals surface area contributed by atoms with E-state index in [-0.39, 0.29) is 22.6 Å². The van der Waals surface area contributed by atoms with E-state index in [1.807, 2.05) is 11.6 Å². The number of anilines is 1. The van der Waals surface area contributed by atoms with E-state index in [2.05, 4.69) is 16.0 Å². The molecule has 1 aliphatic carbocycles. The molecule has 0 bridgehead atoms. The fourth-order valence-electron chi connectivity index (χ4n) is 2.97. The summed E-state index contributed by atoms with van der Waals surface area (Å²) in [7, 11) is -4.02. The van der Waals surface area contributed by atoms with Gasteiger partial charge in [-0.15, -0.1) is 0 Å². The number of hydrogen-bond acceptors (Lipinski definition) is 5. The Morgan fingerprint density at radius 1 is 0.939 bits per heavy atom. The van der Waals surface area contributed by atoms with Gasteiger partial charge in [-0.3, -0.25) is 9.59 Å². The van der Waals surface area contributed by atoms with Crippen molar-refractivity contribution in [2.45, 2.75) is 44.0 Å². The number of benzene rings is 2. The third kappa shape index (κ3) is 7.31. The van der Waals surface area contributed by atoms with Gasteiger partial charge in [0, 0.05) is 30.3 Å². The first kappa shape index (κ1) is 24.2. The first-order valence-electron chi connectivity index (χ1n) is 10.9. The van der Waals surface area contributed by atoms with E-state index in [1.54, 1.807) is 24.3 Å². The molecule has 1 fully saturated rings. The number of carbonyl (C=O) groups excluding carboxylic acids is 3. The molecular weight excluding hydrogens is 444 g/mol. The summed E-state index contributed by atoms with van der Waals surface area (Å²) >= 11 is 0. The molecule has 0 heterocycles. The summed E-state index contributed by atoms with van der Waals surface area (Å²) < 4.78 is 26.6. The second-order valence-electron chi connectivity index (χ2n) is 7.88. The van der Waals surface area contributed by atoms with Gasteiger partial charge in [-0.1, -0.05) is 25.5 Å². The largest absolute Gasteiger partial charge is 0.352 e. The molecule has 2 aromatic rings. The lowest BCUT2D eigenvalue weighted by Crippen LogP contribution is -2.39. The minimum absolute atomic E-state index is 0.0644. The van der Waals surface area contributed by atoms with Gasteiger partial charge in [0.25, 0.3) is 15.9 Å². The van der Waals surface area contributed by atoms with Gasteiger partial charge in [-0.25, -0.2) is 17.9 Å². The van der Waals surface area contributed by atoms with Crippen molar-refractivity contribution in [3.63, 3.8) is 0 Å². The highest BCUT2D eigenvalue weighted by molar-refractivity contribution is 7.90. The summed E-state index contributed by atoms with van der Waals surface area (Å²) in [6.07, 6.45) is 3.52. The number of sulfonamides is 1. The molecular formula is C23H28N4O5S. The molecule has 33 heavy (non-hydrogen) atoms. The summed E-state index contributed by atoms with van der Waals surface area (Å²) in [6.45, 7) is 2.76. The Morgan fingerprint density at radius 2 is 1.61 bits per heavy atom. The van der Waals surface area contributed by atoms with Gasteiger partial charge in [0.15, 0.2) is 0 Å². The maximum atomic E-state index is 12.5. The second-order valence-corrected chi connectivity index (χ2v) is 9.56. The van der Waals surface area contributed by atoms with Crippen molar-refractivity contribution in [1.29, 1.82) is 0 Å². The molecule has 4 amide bonds. The molecule has 3 rings (SSSR count). The van der Waals surface area contributed by atoms with Crippen LogP contribution in [0.3, 0.4) is 0 Å². The van der Waals surface area contributed by atoms with Gasteiger partial charge in [0.2, 0.25) is 5.91 Å². The smallest absolute Gasteiger partial charge is 0.328 e. The van der Waals surface area contributed by atoms with Crippen molar-refractivity contribution in [2.24, 2.45) is 5.92 Å². The molecule has 10 heteroatoms. The van der Waals surface area contributed by atoms with Crippen LogP contribution >= 0.6 is 0 Å². The van der Waals surface area contributed by atoms with Crippen molar-refractivity contribution in [3.8, 4) is 0 Å². The van der Waals surface area contributed by atoms with E-state index < -0.39 is 16.1 Å². The predicted molar refractivity (Wildman–Crippen MR) is 124 cm³/mol. The van der Waals surface area contributed by atoms with E-state index >= 15 is 0 Å². The molecule has 0 saturated heterocycles. The fraction of sp³-hybridized carbons (Fsp3) is 0.348. The lowest BCUT2D eigenvalue weighted by molar-refractivity contribution is -0.122. The van der Waals surface area contributed by atoms with E-state index in [0.717, 1.165) is 31.2 Å². The minimum Gasteiger partial charge on any atom is -0.352 e. The summed E-state index contributed by atoms with van der Waals surface area (Å²) in [5.74, 6) is -0.141. The molecule has 9 nitrogen and oxygen atoms in total. The van der Waals surface area contributed by atoms with E-state index in [0.29, 0.717) is 24.3 Å². The van der Waals surface area contributed by atoms with Crippen LogP contribution in [0, 0.1) is 5.92 Å². The zero-order valence-electron chi connectivity index (χ0n) is 18.4. The minimum atomic E-state index is -4.02. The average molecular weight is 473 g/mol. The van der Waals surface area contributed by atoms with Crippen LogP contribution in [0.4, 0.5) is 10.5 Å². The lowest BCUT2D eigenvalue weighted by Gasteiger charge is -2.10. The van der Waals surface area contributed by atoms with Gasteiger partial charge in [0.05, 0.1) is 4.90 Å². The number of urea groups is 1. The average Bonchev–Trinajstić information content (AvgIpc) is 3.63. The SMILES string of the molecule is CCCCNC(=O)NS(=O)(=O)c1ccc(NC(=O)c2ccc(CNC(=O)C3CC3)cc2)cc1. The Hall–Kier alpha value is -3.40. The van der Waals surface area contributed by atoms with E-state index in [9.17, 15) is 22.8 Å². The van der Waals surface area contributed by atoms with Gasteiger partial charge < -0.3 is 16.0 Å². The lowest BCUT2D eigenvalue weighted by atomic mass is 10.1. The van der Waals surface area contributed by atoms with Crippen molar-refractivity contribution in [2.75, 3.05) is 11.9 Å². The first-order chi connectivity index (χ1) is 15.8. The topological polar surface area (TPSA) is 133 Å². The first-order valence-corrected chi connectivity index (χ1v) is 12.4. The second kappa shape index (κ2) is 11.0. The number of nitrogens with one attached hydrogen (secondary N) is 4. The van der Waals surface area contributed by atoms with Crippen molar-refractivity contribution in [3.05, 3.63) is 59.7 Å². The highest BCUT2D eigenvalue weighted by Gasteiger charge is 2.29. The summed E-state index contributed by atoms with van der Waals surface area (Å²) in [5.41, 5.74) is 1.72. The molecule has 176 valence electrons. The Bertz CT molecular complexity index is 1090. The molecule has 0 radical (unpaired) electrons. The molecule has 0 atom stereocenters. The highest BCUT2D eigenvalue weighted by Crippen LogP contribution is 2.28. The third-order valence-electron chi connectivity index (χ3n) is 5.10. The Morgan fingerprint density at radius 3 is 2.21 bits per heavy atom. The molecule has 0 aliphatic heterocycles. The standard InChI is InChI=1S/C23H28N4O5S/c1-2-3-14-24-23(30)27-33(31,32)20-12-10-19(11-13-20)26-22(29)18-6-4-16(5-7-18)15-25-21(28)17-8-9-17/h4-7,10-13,17H,2-3,8-9,14-15H2,1H3,(H,25,28)(H,26,29)(H2,24,27,30). The molecule has 0 aromatic heterocycles. The molecule has 1 saturated carbocycles. The van der Waals surface area contributed by atoms with Gasteiger partial charge in [0.1, 0.15) is 0 Å². The number of carbonyl (C=O) groups is 3. The maximum absolute atomic E-state index is 12.5. The monoisotopic (exact) mass is 472 g/mol. The maximum Gasteiger partial charge on any atom is 0.328 e. The Kier molecular flexibility index (Phi) is 8.05. The molecule has 0 spiro atoms. The van der Waals surface area contributed by atoms with Gasteiger partial charge >= 0.3 is 6.03 Å². The summed E-state index contributed by atoms with van der Waals surface area (Å²) in [6, 6.07) is 11.6. The zero-order valence-corrected chi connectivity index (χ0v) is 19.2. The van der Waals surface area contributed by atoms with Crippen molar-refractivity contribution < 1.29 is 22.8 Å². The molecule has 2 aromatic carbocycles. The van der Waals surface area contributed by atoms with Crippen molar-refractivity contribution in [1.82, 2.24) is 15.4 Å². The van der Waals surface area contributed by atoms with Crippen LogP contribution in [-0.2, 0) is 21.4 Å². The number of amides is 4. The zero-order chi connectivity index (χ0) is 23.8. The van der Waals surface area contributed by atoms with Gasteiger partial charge in [-0.2, -0.15) is 0 Å². The fourth-order valence-corrected chi connectivity index (χ4v) is 3.90. The molecule has 4 N–H and O–H groups in total. The Balaban J connectivity index is 1.52. The van der Waals surface area contributed by atoms with Crippen LogP contribution in [0.25, 0.3) is 0 Å². The quantitative estimate of drug-likeness (QED) is 0.395. The summed E-state index contributed by atoms with van der Waals surface area (Å²) in [5, 5.41) is 8.06. The van der Waals surface area contributed by atoms with Crippen LogP contribution < -0.4 is 20.7 Å². The van der Waals surface area contributed by atoms with Crippen LogP contribution in [0.15, 0.2) is 53.4 Å². The van der Waals surface area contributed by atoms with Gasteiger partial charge in [-0.05, 0) is 61.2 Å². The molecule has 0 unspecified atom stereocenters. The van der Waals surface area contributed by atoms with E-state index in [1.165, 1.54) is 24.3 Å². The van der Waals surface area contributed by atoms with Crippen LogP contribution in [0.1, 0.15) is 48.5 Å². The predicted octanol–water partition coefficient (Wildman–Crippen LogP) is 2.75. The Labute approximate surface area is 193 Å². The summed E-state index contributed by atoms with van der Waals surface area (Å²) in [4.78, 5) is 35.8. The number of unbranched alkanes of at least 4 members (excludes halogenated alkanes) is 1. The van der Waals surface area contributed by atoms with Crippen LogP contribution in [0.2, 0.25) is 0 Å². The number of hydrogen-bond donors (Lipinski definition) is 4. The van der Waals surface area contributed by atoms with Crippen molar-refractivity contribution >= 4 is 33.6 Å². The third-order valence-corrected chi connectivity index (χ3v) is 6.44. The molecule has 1 aliphatic rings. The number of rotatable bonds is 10. The van der Waals surface area contributed by atoms with Crippen LogP contribution in [-0.4, -0.2) is 32.8 Å². The van der Waals surface area contributed by atoms with E-state index in [4.69, 9.17) is 0 Å². The van der Waals surface area contributed by atoms with Crippen LogP contribution in [0.5, 0.6) is 0 Å².